The van der Waals surface area contributed by atoms with E-state index in [1.807, 2.05) is 6.07 Å². The minimum absolute atomic E-state index is 0.0263. The average Bonchev–Trinajstić information content (AvgIpc) is 2.98. The number of nitrogens with one attached hydrogen (secondary N) is 2. The number of benzene rings is 2. The van der Waals surface area contributed by atoms with Gasteiger partial charge in [-0.05, 0) is 55.0 Å². The number of anilines is 2. The van der Waals surface area contributed by atoms with Gasteiger partial charge in [-0.15, -0.1) is 0 Å². The summed E-state index contributed by atoms with van der Waals surface area (Å²) in [5.74, 6) is -1.25. The smallest absolute Gasteiger partial charge is 0.422 e. The van der Waals surface area contributed by atoms with Gasteiger partial charge < -0.3 is 15.4 Å². The highest BCUT2D eigenvalue weighted by Gasteiger charge is 2.35. The van der Waals surface area contributed by atoms with Crippen LogP contribution in [0.3, 0.4) is 0 Å². The van der Waals surface area contributed by atoms with E-state index in [4.69, 9.17) is 0 Å². The van der Waals surface area contributed by atoms with Gasteiger partial charge in [0.15, 0.2) is 18.2 Å². The molecule has 2 atom stereocenters. The fourth-order valence-corrected chi connectivity index (χ4v) is 5.32. The Morgan fingerprint density at radius 2 is 1.29 bits per heavy atom. The molecule has 0 saturated heterocycles. The molecule has 2 aromatic carbocycles. The predicted octanol–water partition coefficient (Wildman–Crippen LogP) is 8.44. The molecule has 9 heteroatoms. The van der Waals surface area contributed by atoms with Gasteiger partial charge in [0.1, 0.15) is 0 Å². The van der Waals surface area contributed by atoms with Gasteiger partial charge in [-0.2, -0.15) is 13.2 Å². The lowest BCUT2D eigenvalue weighted by Crippen LogP contribution is -2.27. The topological polar surface area (TPSA) is 84.5 Å². The fourth-order valence-electron chi connectivity index (χ4n) is 5.32. The number of fused-ring (bicyclic) bond motifs is 2. The first-order chi connectivity index (χ1) is 20.0. The van der Waals surface area contributed by atoms with Crippen LogP contribution in [0.2, 0.25) is 0 Å². The second-order valence-electron chi connectivity index (χ2n) is 11.1. The number of unbranched alkanes of at least 4 members (excludes halogenated alkanes) is 2. The normalized spacial score (nSPS) is 14.2. The largest absolute Gasteiger partial charge is 0.452 e. The van der Waals surface area contributed by atoms with Crippen molar-refractivity contribution >= 4 is 28.9 Å². The second kappa shape index (κ2) is 15.2. The number of esters is 1. The van der Waals surface area contributed by atoms with Crippen molar-refractivity contribution in [3.63, 3.8) is 0 Å². The Hall–Kier alpha value is -3.36. The van der Waals surface area contributed by atoms with Gasteiger partial charge in [0.25, 0.3) is 0 Å². The van der Waals surface area contributed by atoms with Crippen LogP contribution in [0.25, 0.3) is 0 Å². The highest BCUT2D eigenvalue weighted by molar-refractivity contribution is 6.32. The maximum Gasteiger partial charge on any atom is 0.422 e. The van der Waals surface area contributed by atoms with E-state index in [1.165, 1.54) is 12.1 Å². The van der Waals surface area contributed by atoms with Gasteiger partial charge in [-0.3, -0.25) is 9.59 Å². The average molecular weight is 589 g/mol. The SMILES string of the molecule is CCCCC(CC)CNc1ccc(NCC(CC)CCCC)c2c1C(=O)c1ccc(C(=O)OCC(F)(F)F)cc1C2=O. The Bertz CT molecular complexity index is 1260. The first-order valence-electron chi connectivity index (χ1n) is 15.2. The summed E-state index contributed by atoms with van der Waals surface area (Å²) in [5, 5.41) is 6.83. The standard InChI is InChI=1S/C33H43F3N2O4/c1-5-9-11-21(7-3)18-37-26-15-16-27(38-19-22(8-4)12-10-6-2)29-28(26)30(39)24-14-13-23(17-25(24)31(29)40)32(41)42-20-33(34,35)36/h13-17,21-22,37-38H,5-12,18-20H2,1-4H3. The summed E-state index contributed by atoms with van der Waals surface area (Å²) in [6.45, 7) is 8.09. The summed E-state index contributed by atoms with van der Waals surface area (Å²) in [6.07, 6.45) is 3.74. The Balaban J connectivity index is 2.00. The minimum Gasteiger partial charge on any atom is -0.452 e. The van der Waals surface area contributed by atoms with Crippen molar-refractivity contribution in [2.45, 2.75) is 85.2 Å². The molecule has 0 fully saturated rings. The quantitative estimate of drug-likeness (QED) is 0.163. The first kappa shape index (κ1) is 33.1. The van der Waals surface area contributed by atoms with E-state index in [-0.39, 0.29) is 33.6 Å². The van der Waals surface area contributed by atoms with E-state index >= 15 is 0 Å². The predicted molar refractivity (Wildman–Crippen MR) is 160 cm³/mol. The summed E-state index contributed by atoms with van der Waals surface area (Å²) in [7, 11) is 0. The number of alkyl halides is 3. The maximum atomic E-state index is 14.0. The maximum absolute atomic E-state index is 14.0. The van der Waals surface area contributed by atoms with Gasteiger partial charge in [0, 0.05) is 35.6 Å². The van der Waals surface area contributed by atoms with Crippen molar-refractivity contribution in [2.75, 3.05) is 30.3 Å². The summed E-state index contributed by atoms with van der Waals surface area (Å²) in [6, 6.07) is 7.34. The summed E-state index contributed by atoms with van der Waals surface area (Å²) in [4.78, 5) is 40.2. The molecule has 0 radical (unpaired) electrons. The van der Waals surface area contributed by atoms with Gasteiger partial charge in [0.2, 0.25) is 0 Å². The number of ketones is 2. The van der Waals surface area contributed by atoms with Gasteiger partial charge >= 0.3 is 12.1 Å². The fraction of sp³-hybridized carbons (Fsp3) is 0.545. The molecule has 3 rings (SSSR count). The van der Waals surface area contributed by atoms with Crippen LogP contribution in [0, 0.1) is 11.8 Å². The molecule has 0 aromatic heterocycles. The van der Waals surface area contributed by atoms with Crippen LogP contribution in [-0.4, -0.2) is 43.4 Å². The zero-order chi connectivity index (χ0) is 30.9. The summed E-state index contributed by atoms with van der Waals surface area (Å²) >= 11 is 0. The molecule has 0 bridgehead atoms. The number of halogens is 3. The third-order valence-corrected chi connectivity index (χ3v) is 8.02. The lowest BCUT2D eigenvalue weighted by molar-refractivity contribution is -0.161. The molecule has 6 nitrogen and oxygen atoms in total. The highest BCUT2D eigenvalue weighted by Crippen LogP contribution is 2.37. The number of rotatable bonds is 16. The molecular formula is C33H43F3N2O4. The molecule has 0 saturated carbocycles. The van der Waals surface area contributed by atoms with E-state index in [9.17, 15) is 27.6 Å². The van der Waals surface area contributed by atoms with Crippen LogP contribution >= 0.6 is 0 Å². The molecule has 230 valence electrons. The van der Waals surface area contributed by atoms with Crippen LogP contribution in [0.1, 0.15) is 121 Å². The lowest BCUT2D eigenvalue weighted by Gasteiger charge is -2.26. The van der Waals surface area contributed by atoms with E-state index in [0.29, 0.717) is 36.3 Å². The molecule has 42 heavy (non-hydrogen) atoms. The lowest BCUT2D eigenvalue weighted by atomic mass is 9.81. The number of hydrogen-bond acceptors (Lipinski definition) is 6. The number of carbonyl (C=O) groups is 3. The van der Waals surface area contributed by atoms with Crippen molar-refractivity contribution in [2.24, 2.45) is 11.8 Å². The van der Waals surface area contributed by atoms with Gasteiger partial charge in [-0.25, -0.2) is 4.79 Å². The van der Waals surface area contributed by atoms with Crippen LogP contribution in [0.15, 0.2) is 30.3 Å². The number of hydrogen-bond donors (Lipinski definition) is 2. The van der Waals surface area contributed by atoms with Crippen LogP contribution in [-0.2, 0) is 4.74 Å². The number of ether oxygens (including phenoxy) is 1. The van der Waals surface area contributed by atoms with E-state index in [0.717, 1.165) is 57.4 Å². The summed E-state index contributed by atoms with van der Waals surface area (Å²) in [5.41, 5.74) is 1.44. The van der Waals surface area contributed by atoms with Crippen molar-refractivity contribution in [1.29, 1.82) is 0 Å². The van der Waals surface area contributed by atoms with Gasteiger partial charge in [-0.1, -0.05) is 66.2 Å². The molecule has 2 N–H and O–H groups in total. The monoisotopic (exact) mass is 588 g/mol. The molecular weight excluding hydrogens is 545 g/mol. The van der Waals surface area contributed by atoms with Crippen molar-refractivity contribution < 1.29 is 32.3 Å². The Labute approximate surface area is 246 Å². The molecule has 2 unspecified atom stereocenters. The Morgan fingerprint density at radius 3 is 1.74 bits per heavy atom. The molecule has 0 aliphatic heterocycles. The second-order valence-corrected chi connectivity index (χ2v) is 11.1. The van der Waals surface area contributed by atoms with E-state index in [2.05, 4.69) is 43.1 Å². The minimum atomic E-state index is -4.68. The van der Waals surface area contributed by atoms with E-state index in [1.54, 1.807) is 6.07 Å². The molecule has 0 amide bonds. The van der Waals surface area contributed by atoms with Crippen molar-refractivity contribution in [1.82, 2.24) is 0 Å². The third kappa shape index (κ3) is 8.35. The Morgan fingerprint density at radius 1 is 0.786 bits per heavy atom. The Kier molecular flexibility index (Phi) is 12.0. The first-order valence-corrected chi connectivity index (χ1v) is 15.2. The summed E-state index contributed by atoms with van der Waals surface area (Å²) < 4.78 is 42.2. The molecule has 1 aliphatic rings. The van der Waals surface area contributed by atoms with Gasteiger partial charge in [0.05, 0.1) is 16.7 Å². The zero-order valence-corrected chi connectivity index (χ0v) is 25.1. The van der Waals surface area contributed by atoms with Crippen LogP contribution < -0.4 is 10.6 Å². The highest BCUT2D eigenvalue weighted by atomic mass is 19.4. The molecule has 0 heterocycles. The van der Waals surface area contributed by atoms with Crippen molar-refractivity contribution in [3.05, 3.63) is 58.1 Å². The van der Waals surface area contributed by atoms with Crippen LogP contribution in [0.5, 0.6) is 0 Å². The van der Waals surface area contributed by atoms with Crippen LogP contribution in [0.4, 0.5) is 24.5 Å². The van der Waals surface area contributed by atoms with E-state index < -0.39 is 24.5 Å². The molecule has 1 aliphatic carbocycles. The number of carbonyl (C=O) groups excluding carboxylic acids is 3. The molecule has 0 spiro atoms. The third-order valence-electron chi connectivity index (χ3n) is 8.02. The van der Waals surface area contributed by atoms with Crippen molar-refractivity contribution in [3.8, 4) is 0 Å². The molecule has 2 aromatic rings. The zero-order valence-electron chi connectivity index (χ0n) is 25.1.